The van der Waals surface area contributed by atoms with E-state index in [1.807, 2.05) is 36.4 Å². The van der Waals surface area contributed by atoms with Crippen LogP contribution < -0.4 is 4.74 Å². The van der Waals surface area contributed by atoms with Crippen molar-refractivity contribution in [1.82, 2.24) is 5.01 Å². The molecule has 108 valence electrons. The second-order valence-electron chi connectivity index (χ2n) is 4.88. The lowest BCUT2D eigenvalue weighted by Gasteiger charge is -2.17. The van der Waals surface area contributed by atoms with Crippen molar-refractivity contribution in [3.05, 3.63) is 54.0 Å². The van der Waals surface area contributed by atoms with Crippen LogP contribution >= 0.6 is 0 Å². The number of hydrazone groups is 1. The molecule has 5 heteroatoms. The molecule has 0 unspecified atom stereocenters. The van der Waals surface area contributed by atoms with Gasteiger partial charge in [0.25, 0.3) is 0 Å². The fraction of sp³-hybridized carbons (Fsp3) is 0.250. The van der Waals surface area contributed by atoms with Crippen LogP contribution in [-0.4, -0.2) is 23.7 Å². The van der Waals surface area contributed by atoms with E-state index in [2.05, 4.69) is 5.10 Å². The monoisotopic (exact) mass is 284 g/mol. The Morgan fingerprint density at radius 3 is 2.90 bits per heavy atom. The standard InChI is InChI=1S/C16H16N2O3/c1-11(19)18-15(16-7-4-8-21-16)10-14(17-18)12-5-3-6-13(9-12)20-2/h3-9,15H,10H2,1-2H3/t15-/m1/s1. The Hall–Kier alpha value is -2.56. The van der Waals surface area contributed by atoms with E-state index in [0.29, 0.717) is 6.42 Å². The maximum Gasteiger partial charge on any atom is 0.240 e. The number of benzene rings is 1. The van der Waals surface area contributed by atoms with Gasteiger partial charge >= 0.3 is 0 Å². The van der Waals surface area contributed by atoms with E-state index < -0.39 is 0 Å². The number of amides is 1. The maximum absolute atomic E-state index is 11.8. The first kappa shape index (κ1) is 13.4. The second-order valence-corrected chi connectivity index (χ2v) is 4.88. The lowest BCUT2D eigenvalue weighted by atomic mass is 10.0. The molecule has 0 spiro atoms. The summed E-state index contributed by atoms with van der Waals surface area (Å²) < 4.78 is 10.7. The number of hydrogen-bond donors (Lipinski definition) is 0. The molecule has 21 heavy (non-hydrogen) atoms. The lowest BCUT2D eigenvalue weighted by molar-refractivity contribution is -0.130. The quantitative estimate of drug-likeness (QED) is 0.870. The second kappa shape index (κ2) is 5.44. The summed E-state index contributed by atoms with van der Waals surface area (Å²) in [6, 6.07) is 11.2. The summed E-state index contributed by atoms with van der Waals surface area (Å²) in [5.74, 6) is 1.41. The average Bonchev–Trinajstić information content (AvgIpc) is 3.16. The highest BCUT2D eigenvalue weighted by Crippen LogP contribution is 2.33. The van der Waals surface area contributed by atoms with Gasteiger partial charge in [0.15, 0.2) is 0 Å². The van der Waals surface area contributed by atoms with E-state index in [1.165, 1.54) is 11.9 Å². The van der Waals surface area contributed by atoms with Crippen molar-refractivity contribution in [3.63, 3.8) is 0 Å². The number of hydrogen-bond acceptors (Lipinski definition) is 4. The number of furan rings is 1. The van der Waals surface area contributed by atoms with Gasteiger partial charge < -0.3 is 9.15 Å². The van der Waals surface area contributed by atoms with Gasteiger partial charge in [0, 0.05) is 18.9 Å². The van der Waals surface area contributed by atoms with Crippen molar-refractivity contribution in [1.29, 1.82) is 0 Å². The van der Waals surface area contributed by atoms with Crippen LogP contribution in [0.2, 0.25) is 0 Å². The minimum atomic E-state index is -0.182. The van der Waals surface area contributed by atoms with Gasteiger partial charge in [-0.15, -0.1) is 0 Å². The lowest BCUT2D eigenvalue weighted by Crippen LogP contribution is -2.23. The molecule has 1 aliphatic rings. The first-order valence-corrected chi connectivity index (χ1v) is 6.74. The summed E-state index contributed by atoms with van der Waals surface area (Å²) in [7, 11) is 1.63. The summed E-state index contributed by atoms with van der Waals surface area (Å²) >= 11 is 0. The first-order valence-electron chi connectivity index (χ1n) is 6.74. The van der Waals surface area contributed by atoms with Crippen molar-refractivity contribution in [2.24, 2.45) is 5.10 Å². The van der Waals surface area contributed by atoms with Gasteiger partial charge in [-0.05, 0) is 24.3 Å². The van der Waals surface area contributed by atoms with E-state index >= 15 is 0 Å². The van der Waals surface area contributed by atoms with Gasteiger partial charge in [-0.25, -0.2) is 5.01 Å². The molecule has 2 aromatic rings. The van der Waals surface area contributed by atoms with Crippen molar-refractivity contribution in [2.75, 3.05) is 7.11 Å². The predicted molar refractivity (Wildman–Crippen MR) is 78.1 cm³/mol. The molecule has 0 saturated heterocycles. The molecular formula is C16H16N2O3. The Kier molecular flexibility index (Phi) is 3.48. The number of nitrogens with zero attached hydrogens (tertiary/aromatic N) is 2. The van der Waals surface area contributed by atoms with Crippen LogP contribution in [-0.2, 0) is 4.79 Å². The zero-order chi connectivity index (χ0) is 14.8. The highest BCUT2D eigenvalue weighted by molar-refractivity contribution is 6.03. The molecule has 1 aliphatic heterocycles. The molecule has 1 aromatic carbocycles. The van der Waals surface area contributed by atoms with E-state index in [1.54, 1.807) is 13.4 Å². The number of carbonyl (C=O) groups is 1. The highest BCUT2D eigenvalue weighted by Gasteiger charge is 2.33. The van der Waals surface area contributed by atoms with Crippen LogP contribution in [0.5, 0.6) is 5.75 Å². The number of rotatable bonds is 3. The van der Waals surface area contributed by atoms with Gasteiger partial charge in [-0.3, -0.25) is 4.79 Å². The SMILES string of the molecule is COc1cccc(C2=NN(C(C)=O)[C@@H](c3ccco3)C2)c1. The molecule has 0 aliphatic carbocycles. The zero-order valence-electron chi connectivity index (χ0n) is 11.9. The van der Waals surface area contributed by atoms with Gasteiger partial charge in [0.05, 0.1) is 19.1 Å². The maximum atomic E-state index is 11.8. The molecule has 5 nitrogen and oxygen atoms in total. The topological polar surface area (TPSA) is 55.0 Å². The third-order valence-electron chi connectivity index (χ3n) is 3.51. The Bertz CT molecular complexity index is 677. The zero-order valence-corrected chi connectivity index (χ0v) is 11.9. The number of carbonyl (C=O) groups excluding carboxylic acids is 1. The Labute approximate surface area is 122 Å². The van der Waals surface area contributed by atoms with Crippen LogP contribution in [0.1, 0.15) is 30.7 Å². The van der Waals surface area contributed by atoms with Crippen LogP contribution in [0, 0.1) is 0 Å². The van der Waals surface area contributed by atoms with Gasteiger partial charge in [0.2, 0.25) is 5.91 Å². The van der Waals surface area contributed by atoms with E-state index in [9.17, 15) is 4.79 Å². The number of ether oxygens (including phenoxy) is 1. The van der Waals surface area contributed by atoms with Gasteiger partial charge in [-0.1, -0.05) is 12.1 Å². The fourth-order valence-corrected chi connectivity index (χ4v) is 2.48. The summed E-state index contributed by atoms with van der Waals surface area (Å²) in [5, 5.41) is 5.94. The van der Waals surface area contributed by atoms with Crippen molar-refractivity contribution in [2.45, 2.75) is 19.4 Å². The summed E-state index contributed by atoms with van der Waals surface area (Å²) in [6.07, 6.45) is 2.23. The van der Waals surface area contributed by atoms with Crippen LogP contribution in [0.15, 0.2) is 52.2 Å². The van der Waals surface area contributed by atoms with Crippen LogP contribution in [0.3, 0.4) is 0 Å². The fourth-order valence-electron chi connectivity index (χ4n) is 2.48. The molecule has 3 rings (SSSR count). The normalized spacial score (nSPS) is 17.7. The molecule has 2 heterocycles. The molecule has 0 radical (unpaired) electrons. The summed E-state index contributed by atoms with van der Waals surface area (Å²) in [6.45, 7) is 1.51. The molecule has 0 bridgehead atoms. The third-order valence-corrected chi connectivity index (χ3v) is 3.51. The molecule has 1 aromatic heterocycles. The van der Waals surface area contributed by atoms with E-state index in [-0.39, 0.29) is 11.9 Å². The Morgan fingerprint density at radius 2 is 2.24 bits per heavy atom. The molecule has 0 N–H and O–H groups in total. The largest absolute Gasteiger partial charge is 0.497 e. The first-order chi connectivity index (χ1) is 10.2. The number of methoxy groups -OCH3 is 1. The Balaban J connectivity index is 1.93. The summed E-state index contributed by atoms with van der Waals surface area (Å²) in [5.41, 5.74) is 1.81. The van der Waals surface area contributed by atoms with E-state index in [0.717, 1.165) is 22.8 Å². The van der Waals surface area contributed by atoms with Crippen molar-refractivity contribution in [3.8, 4) is 5.75 Å². The molecule has 1 amide bonds. The Morgan fingerprint density at radius 1 is 1.38 bits per heavy atom. The average molecular weight is 284 g/mol. The third kappa shape index (κ3) is 2.54. The summed E-state index contributed by atoms with van der Waals surface area (Å²) in [4.78, 5) is 11.8. The minimum Gasteiger partial charge on any atom is -0.497 e. The van der Waals surface area contributed by atoms with Crippen molar-refractivity contribution >= 4 is 11.6 Å². The predicted octanol–water partition coefficient (Wildman–Crippen LogP) is 2.99. The van der Waals surface area contributed by atoms with Crippen LogP contribution in [0.4, 0.5) is 0 Å². The smallest absolute Gasteiger partial charge is 0.240 e. The molecule has 0 saturated carbocycles. The van der Waals surface area contributed by atoms with Crippen LogP contribution in [0.25, 0.3) is 0 Å². The molecular weight excluding hydrogens is 268 g/mol. The minimum absolute atomic E-state index is 0.103. The van der Waals surface area contributed by atoms with Gasteiger partial charge in [0.1, 0.15) is 17.6 Å². The van der Waals surface area contributed by atoms with Crippen molar-refractivity contribution < 1.29 is 13.9 Å². The highest BCUT2D eigenvalue weighted by atomic mass is 16.5. The van der Waals surface area contributed by atoms with Gasteiger partial charge in [-0.2, -0.15) is 5.10 Å². The molecule has 0 fully saturated rings. The molecule has 1 atom stereocenters. The van der Waals surface area contributed by atoms with E-state index in [4.69, 9.17) is 9.15 Å².